The van der Waals surface area contributed by atoms with Crippen molar-refractivity contribution in [2.24, 2.45) is 29.6 Å². The van der Waals surface area contributed by atoms with Crippen LogP contribution in [-0.2, 0) is 9.47 Å². The molecule has 2 nitrogen and oxygen atoms in total. The van der Waals surface area contributed by atoms with Crippen molar-refractivity contribution in [2.75, 3.05) is 13.2 Å². The van der Waals surface area contributed by atoms with Crippen molar-refractivity contribution in [3.63, 3.8) is 0 Å². The lowest BCUT2D eigenvalue weighted by molar-refractivity contribution is -0.191. The number of rotatable bonds is 7. The van der Waals surface area contributed by atoms with Crippen molar-refractivity contribution >= 4 is 0 Å². The molecular formula is C24H38F4O2. The first-order valence-electron chi connectivity index (χ1n) is 12.0. The van der Waals surface area contributed by atoms with Gasteiger partial charge in [0.1, 0.15) is 0 Å². The van der Waals surface area contributed by atoms with Crippen LogP contribution >= 0.6 is 0 Å². The maximum atomic E-state index is 13.5. The molecule has 3 rings (SSSR count). The molecule has 0 bridgehead atoms. The van der Waals surface area contributed by atoms with Crippen LogP contribution in [0.1, 0.15) is 84.0 Å². The van der Waals surface area contributed by atoms with Gasteiger partial charge < -0.3 is 9.47 Å². The molecule has 0 amide bonds. The average molecular weight is 435 g/mol. The summed E-state index contributed by atoms with van der Waals surface area (Å²) in [6, 6.07) is 0. The van der Waals surface area contributed by atoms with Crippen LogP contribution in [0, 0.1) is 29.6 Å². The fourth-order valence-electron chi connectivity index (χ4n) is 5.87. The zero-order valence-corrected chi connectivity index (χ0v) is 18.3. The summed E-state index contributed by atoms with van der Waals surface area (Å²) in [4.78, 5) is 0. The van der Waals surface area contributed by atoms with Gasteiger partial charge >= 0.3 is 6.18 Å². The molecule has 0 N–H and O–H groups in total. The zero-order chi connectivity index (χ0) is 21.6. The van der Waals surface area contributed by atoms with Crippen LogP contribution < -0.4 is 0 Å². The third kappa shape index (κ3) is 7.51. The predicted octanol–water partition coefficient (Wildman–Crippen LogP) is 7.58. The second-order valence-corrected chi connectivity index (χ2v) is 9.86. The van der Waals surface area contributed by atoms with E-state index in [0.717, 1.165) is 36.5 Å². The quantitative estimate of drug-likeness (QED) is 0.384. The summed E-state index contributed by atoms with van der Waals surface area (Å²) in [5.41, 5.74) is 0. The number of halogens is 4. The van der Waals surface area contributed by atoms with Gasteiger partial charge in [-0.25, -0.2) is 4.39 Å². The largest absolute Gasteiger partial charge is 0.412 e. The molecule has 0 aromatic heterocycles. The first-order valence-corrected chi connectivity index (χ1v) is 12.0. The number of hydrogen-bond donors (Lipinski definition) is 0. The highest BCUT2D eigenvalue weighted by molar-refractivity contribution is 5.00. The Kier molecular flexibility index (Phi) is 9.06. The van der Waals surface area contributed by atoms with Crippen LogP contribution in [0.15, 0.2) is 11.9 Å². The molecule has 3 fully saturated rings. The minimum Gasteiger partial charge on any atom is -0.346 e. The molecule has 6 heteroatoms. The first-order chi connectivity index (χ1) is 14.3. The molecule has 30 heavy (non-hydrogen) atoms. The van der Waals surface area contributed by atoms with Gasteiger partial charge in [0.15, 0.2) is 5.83 Å². The van der Waals surface area contributed by atoms with Gasteiger partial charge in [-0.1, -0.05) is 51.9 Å². The van der Waals surface area contributed by atoms with Crippen molar-refractivity contribution in [3.05, 3.63) is 11.9 Å². The molecule has 0 spiro atoms. The van der Waals surface area contributed by atoms with E-state index in [1.54, 1.807) is 0 Å². The average Bonchev–Trinajstić information content (AvgIpc) is 2.73. The van der Waals surface area contributed by atoms with E-state index in [-0.39, 0.29) is 25.2 Å². The normalized spacial score (nSPS) is 36.6. The summed E-state index contributed by atoms with van der Waals surface area (Å²) in [7, 11) is 0. The van der Waals surface area contributed by atoms with Gasteiger partial charge in [0.05, 0.1) is 19.3 Å². The molecule has 0 radical (unpaired) electrons. The Morgan fingerprint density at radius 1 is 0.767 bits per heavy atom. The molecule has 0 aromatic carbocycles. The van der Waals surface area contributed by atoms with E-state index in [0.29, 0.717) is 0 Å². The Morgan fingerprint density at radius 2 is 1.23 bits per heavy atom. The molecule has 174 valence electrons. The van der Waals surface area contributed by atoms with Gasteiger partial charge in [0, 0.05) is 5.92 Å². The van der Waals surface area contributed by atoms with E-state index in [1.165, 1.54) is 64.2 Å². The van der Waals surface area contributed by atoms with Gasteiger partial charge in [-0.05, 0) is 55.8 Å². The highest BCUT2D eigenvalue weighted by Gasteiger charge is 2.33. The van der Waals surface area contributed by atoms with Gasteiger partial charge in [-0.15, -0.1) is 0 Å². The van der Waals surface area contributed by atoms with Crippen LogP contribution in [0.5, 0.6) is 0 Å². The van der Waals surface area contributed by atoms with Crippen LogP contribution in [0.3, 0.4) is 0 Å². The van der Waals surface area contributed by atoms with Gasteiger partial charge in [0.25, 0.3) is 0 Å². The van der Waals surface area contributed by atoms with E-state index in [9.17, 15) is 17.6 Å². The Morgan fingerprint density at radius 3 is 1.70 bits per heavy atom. The summed E-state index contributed by atoms with van der Waals surface area (Å²) in [5.74, 6) is 2.30. The van der Waals surface area contributed by atoms with E-state index in [1.807, 2.05) is 0 Å². The highest BCUT2D eigenvalue weighted by atomic mass is 19.4. The maximum Gasteiger partial charge on any atom is 0.412 e. The Labute approximate surface area is 178 Å². The second-order valence-electron chi connectivity index (χ2n) is 9.86. The van der Waals surface area contributed by atoms with E-state index < -0.39 is 18.3 Å². The molecule has 1 aliphatic heterocycles. The van der Waals surface area contributed by atoms with Crippen molar-refractivity contribution < 1.29 is 27.0 Å². The van der Waals surface area contributed by atoms with E-state index in [4.69, 9.17) is 9.47 Å². The summed E-state index contributed by atoms with van der Waals surface area (Å²) in [6.45, 7) is 2.82. The van der Waals surface area contributed by atoms with Gasteiger partial charge in [0.2, 0.25) is 6.29 Å². The fraction of sp³-hybridized carbons (Fsp3) is 0.917. The van der Waals surface area contributed by atoms with Crippen molar-refractivity contribution in [1.82, 2.24) is 0 Å². The number of allylic oxidation sites excluding steroid dienone is 1. The fourth-order valence-corrected chi connectivity index (χ4v) is 5.87. The molecule has 0 aromatic rings. The minimum atomic E-state index is -4.69. The zero-order valence-electron chi connectivity index (χ0n) is 18.3. The maximum absolute atomic E-state index is 13.5. The van der Waals surface area contributed by atoms with Gasteiger partial charge in [-0.3, -0.25) is 0 Å². The van der Waals surface area contributed by atoms with Gasteiger partial charge in [-0.2, -0.15) is 13.2 Å². The Balaban J connectivity index is 1.30. The number of hydrogen-bond acceptors (Lipinski definition) is 2. The Hall–Kier alpha value is -0.620. The number of alkyl halides is 3. The van der Waals surface area contributed by atoms with Crippen molar-refractivity contribution in [2.45, 2.75) is 96.4 Å². The third-order valence-electron chi connectivity index (χ3n) is 7.62. The molecule has 2 aliphatic carbocycles. The van der Waals surface area contributed by atoms with Crippen LogP contribution in [-0.4, -0.2) is 25.7 Å². The van der Waals surface area contributed by atoms with Crippen LogP contribution in [0.25, 0.3) is 0 Å². The topological polar surface area (TPSA) is 18.5 Å². The molecule has 3 aliphatic rings. The third-order valence-corrected chi connectivity index (χ3v) is 7.62. The SMILES string of the molecule is CCCC1CCC(C2CCC(CCC3COC(/C(F)=C/C(F)(F)F)OC3)CC2)CC1. The summed E-state index contributed by atoms with van der Waals surface area (Å²) >= 11 is 0. The molecule has 0 unspecified atom stereocenters. The van der Waals surface area contributed by atoms with Crippen molar-refractivity contribution in [1.29, 1.82) is 0 Å². The smallest absolute Gasteiger partial charge is 0.346 e. The summed E-state index contributed by atoms with van der Waals surface area (Å²) in [5, 5.41) is 0. The highest BCUT2D eigenvalue weighted by Crippen LogP contribution is 2.43. The summed E-state index contributed by atoms with van der Waals surface area (Å²) < 4.78 is 60.6. The molecule has 1 saturated heterocycles. The van der Waals surface area contributed by atoms with Crippen molar-refractivity contribution in [3.8, 4) is 0 Å². The van der Waals surface area contributed by atoms with Crippen LogP contribution in [0.2, 0.25) is 0 Å². The minimum absolute atomic E-state index is 0.145. The Bertz CT molecular complexity index is 524. The molecule has 2 saturated carbocycles. The monoisotopic (exact) mass is 434 g/mol. The van der Waals surface area contributed by atoms with E-state index in [2.05, 4.69) is 6.92 Å². The molecular weight excluding hydrogens is 396 g/mol. The molecule has 0 atom stereocenters. The second kappa shape index (κ2) is 11.3. The van der Waals surface area contributed by atoms with Crippen LogP contribution in [0.4, 0.5) is 17.6 Å². The standard InChI is InChI=1S/C24H38F4O2/c1-2-3-17-6-10-20(11-7-17)21-12-8-18(9-13-21)4-5-19-15-29-23(30-16-19)22(25)14-24(26,27)28/h14,17-21,23H,2-13,15-16H2,1H3/b22-14-. The van der Waals surface area contributed by atoms with E-state index >= 15 is 0 Å². The first kappa shape index (κ1) is 24.0. The lowest BCUT2D eigenvalue weighted by Crippen LogP contribution is -2.33. The number of ether oxygens (including phenoxy) is 2. The summed E-state index contributed by atoms with van der Waals surface area (Å²) in [6.07, 6.45) is 9.18. The lowest BCUT2D eigenvalue weighted by Gasteiger charge is -2.38. The molecule has 1 heterocycles. The lowest BCUT2D eigenvalue weighted by atomic mass is 9.68. The predicted molar refractivity (Wildman–Crippen MR) is 109 cm³/mol.